The predicted molar refractivity (Wildman–Crippen MR) is 87.4 cm³/mol. The minimum atomic E-state index is 0.523. The SMILES string of the molecule is CCCNC(CCc1ccsc1)c1sccc1CC. The zero-order valence-electron chi connectivity index (χ0n) is 11.8. The molecule has 1 nitrogen and oxygen atoms in total. The molecule has 2 rings (SSSR count). The Bertz CT molecular complexity index is 459. The van der Waals surface area contributed by atoms with Crippen molar-refractivity contribution in [3.05, 3.63) is 44.3 Å². The molecule has 1 unspecified atom stereocenters. The highest BCUT2D eigenvalue weighted by Gasteiger charge is 2.15. The van der Waals surface area contributed by atoms with E-state index in [2.05, 4.69) is 47.4 Å². The van der Waals surface area contributed by atoms with Crippen molar-refractivity contribution in [3.63, 3.8) is 0 Å². The third-order valence-corrected chi connectivity index (χ3v) is 5.23. The molecule has 1 atom stereocenters. The van der Waals surface area contributed by atoms with Crippen LogP contribution in [0.3, 0.4) is 0 Å². The second-order valence-corrected chi connectivity index (χ2v) is 6.57. The van der Waals surface area contributed by atoms with Gasteiger partial charge in [-0.25, -0.2) is 0 Å². The van der Waals surface area contributed by atoms with Crippen LogP contribution < -0.4 is 5.32 Å². The van der Waals surface area contributed by atoms with Crippen LogP contribution >= 0.6 is 22.7 Å². The van der Waals surface area contributed by atoms with Crippen molar-refractivity contribution in [2.24, 2.45) is 0 Å². The van der Waals surface area contributed by atoms with E-state index < -0.39 is 0 Å². The minimum absolute atomic E-state index is 0.523. The third kappa shape index (κ3) is 4.16. The van der Waals surface area contributed by atoms with E-state index in [1.807, 2.05) is 11.3 Å². The summed E-state index contributed by atoms with van der Waals surface area (Å²) in [6.07, 6.45) is 4.71. The van der Waals surface area contributed by atoms with Gasteiger partial charge in [0.05, 0.1) is 0 Å². The van der Waals surface area contributed by atoms with Crippen LogP contribution in [-0.4, -0.2) is 6.54 Å². The fraction of sp³-hybridized carbons (Fsp3) is 0.500. The first kappa shape index (κ1) is 14.8. The van der Waals surface area contributed by atoms with Crippen LogP contribution in [0.25, 0.3) is 0 Å². The summed E-state index contributed by atoms with van der Waals surface area (Å²) in [5, 5.41) is 10.4. The average molecular weight is 294 g/mol. The van der Waals surface area contributed by atoms with Gasteiger partial charge < -0.3 is 5.32 Å². The number of thiophene rings is 2. The van der Waals surface area contributed by atoms with Gasteiger partial charge in [-0.2, -0.15) is 11.3 Å². The molecule has 0 fully saturated rings. The molecular formula is C16H23NS2. The molecule has 0 amide bonds. The van der Waals surface area contributed by atoms with E-state index in [1.165, 1.54) is 30.4 Å². The monoisotopic (exact) mass is 293 g/mol. The molecule has 104 valence electrons. The minimum Gasteiger partial charge on any atom is -0.309 e. The molecule has 19 heavy (non-hydrogen) atoms. The molecule has 2 aromatic rings. The van der Waals surface area contributed by atoms with Crippen molar-refractivity contribution in [1.82, 2.24) is 5.32 Å². The van der Waals surface area contributed by atoms with Gasteiger partial charge >= 0.3 is 0 Å². The summed E-state index contributed by atoms with van der Waals surface area (Å²) in [5.74, 6) is 0. The van der Waals surface area contributed by atoms with Gasteiger partial charge in [0.2, 0.25) is 0 Å². The Morgan fingerprint density at radius 3 is 2.79 bits per heavy atom. The summed E-state index contributed by atoms with van der Waals surface area (Å²) < 4.78 is 0. The molecule has 0 saturated carbocycles. The Morgan fingerprint density at radius 2 is 2.11 bits per heavy atom. The summed E-state index contributed by atoms with van der Waals surface area (Å²) in [7, 11) is 0. The first-order chi connectivity index (χ1) is 9.35. The largest absolute Gasteiger partial charge is 0.309 e. The lowest BCUT2D eigenvalue weighted by molar-refractivity contribution is 0.504. The van der Waals surface area contributed by atoms with Gasteiger partial charge in [-0.3, -0.25) is 0 Å². The van der Waals surface area contributed by atoms with Crippen LogP contribution in [0.15, 0.2) is 28.3 Å². The number of hydrogen-bond acceptors (Lipinski definition) is 3. The number of hydrogen-bond donors (Lipinski definition) is 1. The molecule has 2 heterocycles. The maximum atomic E-state index is 3.72. The zero-order valence-corrected chi connectivity index (χ0v) is 13.4. The van der Waals surface area contributed by atoms with Crippen molar-refractivity contribution in [1.29, 1.82) is 0 Å². The van der Waals surface area contributed by atoms with Crippen molar-refractivity contribution in [3.8, 4) is 0 Å². The molecule has 0 aliphatic heterocycles. The lowest BCUT2D eigenvalue weighted by Gasteiger charge is -2.18. The second kappa shape index (κ2) is 7.83. The lowest BCUT2D eigenvalue weighted by atomic mass is 10.0. The van der Waals surface area contributed by atoms with Gasteiger partial charge in [0, 0.05) is 10.9 Å². The van der Waals surface area contributed by atoms with Crippen LogP contribution in [0.1, 0.15) is 48.7 Å². The summed E-state index contributed by atoms with van der Waals surface area (Å²) in [4.78, 5) is 1.55. The maximum Gasteiger partial charge on any atom is 0.0420 e. The fourth-order valence-electron chi connectivity index (χ4n) is 2.34. The van der Waals surface area contributed by atoms with E-state index in [4.69, 9.17) is 0 Å². The van der Waals surface area contributed by atoms with E-state index in [1.54, 1.807) is 16.2 Å². The quantitative estimate of drug-likeness (QED) is 0.718. The molecule has 0 aromatic carbocycles. The molecule has 3 heteroatoms. The smallest absolute Gasteiger partial charge is 0.0420 e. The van der Waals surface area contributed by atoms with Crippen LogP contribution in [0.5, 0.6) is 0 Å². The van der Waals surface area contributed by atoms with E-state index >= 15 is 0 Å². The molecule has 0 saturated heterocycles. The second-order valence-electron chi connectivity index (χ2n) is 4.84. The highest BCUT2D eigenvalue weighted by atomic mass is 32.1. The molecule has 1 N–H and O–H groups in total. The molecule has 0 aliphatic carbocycles. The van der Waals surface area contributed by atoms with Crippen molar-refractivity contribution < 1.29 is 0 Å². The van der Waals surface area contributed by atoms with Gasteiger partial charge in [-0.1, -0.05) is 13.8 Å². The summed E-state index contributed by atoms with van der Waals surface area (Å²) >= 11 is 3.71. The van der Waals surface area contributed by atoms with Gasteiger partial charge in [0.25, 0.3) is 0 Å². The molecule has 0 spiro atoms. The Labute approximate surface area is 124 Å². The van der Waals surface area contributed by atoms with Crippen LogP contribution in [0, 0.1) is 0 Å². The predicted octanol–water partition coefficient (Wildman–Crippen LogP) is 5.05. The fourth-order valence-corrected chi connectivity index (χ4v) is 4.15. The maximum absolute atomic E-state index is 3.72. The summed E-state index contributed by atoms with van der Waals surface area (Å²) in [6, 6.07) is 5.05. The summed E-state index contributed by atoms with van der Waals surface area (Å²) in [6.45, 7) is 5.59. The summed E-state index contributed by atoms with van der Waals surface area (Å²) in [5.41, 5.74) is 2.99. The Morgan fingerprint density at radius 1 is 1.21 bits per heavy atom. The highest BCUT2D eigenvalue weighted by Crippen LogP contribution is 2.28. The van der Waals surface area contributed by atoms with Crippen LogP contribution in [-0.2, 0) is 12.8 Å². The molecule has 0 bridgehead atoms. The topological polar surface area (TPSA) is 12.0 Å². The van der Waals surface area contributed by atoms with Crippen LogP contribution in [0.4, 0.5) is 0 Å². The van der Waals surface area contributed by atoms with Crippen molar-refractivity contribution >= 4 is 22.7 Å². The van der Waals surface area contributed by atoms with Gasteiger partial charge in [-0.15, -0.1) is 11.3 Å². The van der Waals surface area contributed by atoms with E-state index in [0.717, 1.165) is 13.0 Å². The normalized spacial score (nSPS) is 12.7. The van der Waals surface area contributed by atoms with Gasteiger partial charge in [0.15, 0.2) is 0 Å². The number of rotatable bonds is 8. The molecule has 0 aliphatic rings. The van der Waals surface area contributed by atoms with E-state index in [0.29, 0.717) is 6.04 Å². The standard InChI is InChI=1S/C16H23NS2/c1-3-9-17-15(6-5-13-7-10-18-12-13)16-14(4-2)8-11-19-16/h7-8,10-12,15,17H,3-6,9H2,1-2H3. The Balaban J connectivity index is 2.02. The lowest BCUT2D eigenvalue weighted by Crippen LogP contribution is -2.22. The van der Waals surface area contributed by atoms with Gasteiger partial charge in [-0.05, 0) is 71.6 Å². The van der Waals surface area contributed by atoms with E-state index in [-0.39, 0.29) is 0 Å². The van der Waals surface area contributed by atoms with Crippen molar-refractivity contribution in [2.45, 2.75) is 45.6 Å². The average Bonchev–Trinajstić information content (AvgIpc) is 3.09. The first-order valence-corrected chi connectivity index (χ1v) is 8.98. The van der Waals surface area contributed by atoms with E-state index in [9.17, 15) is 0 Å². The Kier molecular flexibility index (Phi) is 6.08. The number of nitrogens with one attached hydrogen (secondary N) is 1. The third-order valence-electron chi connectivity index (χ3n) is 3.42. The first-order valence-electron chi connectivity index (χ1n) is 7.15. The van der Waals surface area contributed by atoms with Crippen LogP contribution in [0.2, 0.25) is 0 Å². The molecule has 0 radical (unpaired) electrons. The van der Waals surface area contributed by atoms with Gasteiger partial charge in [0.1, 0.15) is 0 Å². The number of aryl methyl sites for hydroxylation is 2. The zero-order chi connectivity index (χ0) is 13.5. The Hall–Kier alpha value is -0.640. The molecular weight excluding hydrogens is 270 g/mol. The highest BCUT2D eigenvalue weighted by molar-refractivity contribution is 7.10. The molecule has 2 aromatic heterocycles. The van der Waals surface area contributed by atoms with Crippen molar-refractivity contribution in [2.75, 3.05) is 6.54 Å².